The molecule has 0 heterocycles. The zero-order chi connectivity index (χ0) is 17.7. The van der Waals surface area contributed by atoms with Gasteiger partial charge in [0.25, 0.3) is 0 Å². The number of carbonyl (C=O) groups is 1. The number of sulfone groups is 1. The van der Waals surface area contributed by atoms with Crippen molar-refractivity contribution in [1.82, 2.24) is 5.32 Å². The number of nitrogens with one attached hydrogen (secondary N) is 2. The Morgan fingerprint density at radius 1 is 1.08 bits per heavy atom. The highest BCUT2D eigenvalue weighted by molar-refractivity contribution is 7.91. The molecular weight excluding hydrogens is 336 g/mol. The molecule has 1 amide bonds. The summed E-state index contributed by atoms with van der Waals surface area (Å²) in [5, 5.41) is 5.80. The van der Waals surface area contributed by atoms with Crippen molar-refractivity contribution in [2.45, 2.75) is 55.9 Å². The van der Waals surface area contributed by atoms with Crippen LogP contribution in [0.5, 0.6) is 0 Å². The van der Waals surface area contributed by atoms with Crippen molar-refractivity contribution in [3.05, 3.63) is 29.8 Å². The quantitative estimate of drug-likeness (QED) is 0.744. The van der Waals surface area contributed by atoms with Gasteiger partial charge in [-0.2, -0.15) is 0 Å². The van der Waals surface area contributed by atoms with Gasteiger partial charge in [-0.15, -0.1) is 0 Å². The van der Waals surface area contributed by atoms with E-state index < -0.39 is 9.84 Å². The van der Waals surface area contributed by atoms with E-state index in [1.165, 1.54) is 12.8 Å². The number of hydrogen-bond acceptors (Lipinski definition) is 4. The standard InChI is InChI=1S/C19H28N2O3S/c22-19(13-20-12-15-9-10-15)21-17-6-4-5-16(11-17)14-25(23,24)18-7-2-1-3-8-18/h4-6,11,15,18,20H,1-3,7-10,12-14H2,(H,21,22). The molecule has 0 aliphatic heterocycles. The second-order valence-corrected chi connectivity index (χ2v) is 9.67. The summed E-state index contributed by atoms with van der Waals surface area (Å²) in [7, 11) is -3.12. The topological polar surface area (TPSA) is 75.3 Å². The number of benzene rings is 1. The Morgan fingerprint density at radius 3 is 2.56 bits per heavy atom. The Bertz CT molecular complexity index is 692. The molecule has 2 saturated carbocycles. The minimum absolute atomic E-state index is 0.0569. The summed E-state index contributed by atoms with van der Waals surface area (Å²) >= 11 is 0. The van der Waals surface area contributed by atoms with Gasteiger partial charge in [0.1, 0.15) is 0 Å². The fraction of sp³-hybridized carbons (Fsp3) is 0.632. The summed E-state index contributed by atoms with van der Waals surface area (Å²) < 4.78 is 25.2. The van der Waals surface area contributed by atoms with Crippen LogP contribution in [-0.4, -0.2) is 32.7 Å². The number of carbonyl (C=O) groups excluding carboxylic acids is 1. The molecule has 0 saturated heterocycles. The third kappa shape index (κ3) is 5.82. The second-order valence-electron chi connectivity index (χ2n) is 7.39. The average molecular weight is 365 g/mol. The van der Waals surface area contributed by atoms with E-state index in [-0.39, 0.29) is 16.9 Å². The first kappa shape index (κ1) is 18.4. The largest absolute Gasteiger partial charge is 0.325 e. The molecule has 0 radical (unpaired) electrons. The predicted octanol–water partition coefficient (Wildman–Crippen LogP) is 2.87. The van der Waals surface area contributed by atoms with Crippen LogP contribution < -0.4 is 10.6 Å². The summed E-state index contributed by atoms with van der Waals surface area (Å²) in [6.07, 6.45) is 7.24. The summed E-state index contributed by atoms with van der Waals surface area (Å²) in [5.41, 5.74) is 1.41. The molecule has 2 aliphatic carbocycles. The number of rotatable bonds is 8. The smallest absolute Gasteiger partial charge is 0.238 e. The Labute approximate surface area is 150 Å². The molecule has 2 fully saturated rings. The molecule has 0 spiro atoms. The predicted molar refractivity (Wildman–Crippen MR) is 100 cm³/mol. The van der Waals surface area contributed by atoms with Gasteiger partial charge in [-0.25, -0.2) is 8.42 Å². The molecule has 0 unspecified atom stereocenters. The van der Waals surface area contributed by atoms with Crippen LogP contribution in [0.2, 0.25) is 0 Å². The van der Waals surface area contributed by atoms with Crippen LogP contribution in [0.3, 0.4) is 0 Å². The normalized spacial score (nSPS) is 18.9. The van der Waals surface area contributed by atoms with E-state index in [9.17, 15) is 13.2 Å². The van der Waals surface area contributed by atoms with E-state index >= 15 is 0 Å². The van der Waals surface area contributed by atoms with Gasteiger partial charge >= 0.3 is 0 Å². The molecule has 0 bridgehead atoms. The lowest BCUT2D eigenvalue weighted by atomic mass is 10.0. The second kappa shape index (κ2) is 8.32. The molecule has 3 rings (SSSR count). The molecule has 0 atom stereocenters. The van der Waals surface area contributed by atoms with E-state index in [4.69, 9.17) is 0 Å². The van der Waals surface area contributed by atoms with Crippen molar-refractivity contribution in [3.63, 3.8) is 0 Å². The van der Waals surface area contributed by atoms with Crippen LogP contribution in [0.1, 0.15) is 50.5 Å². The van der Waals surface area contributed by atoms with Gasteiger partial charge in [0, 0.05) is 5.69 Å². The highest BCUT2D eigenvalue weighted by atomic mass is 32.2. The lowest BCUT2D eigenvalue weighted by molar-refractivity contribution is -0.115. The van der Waals surface area contributed by atoms with Gasteiger partial charge < -0.3 is 10.6 Å². The maximum absolute atomic E-state index is 12.6. The van der Waals surface area contributed by atoms with E-state index in [1.807, 2.05) is 6.07 Å². The fourth-order valence-electron chi connectivity index (χ4n) is 3.43. The van der Waals surface area contributed by atoms with Crippen LogP contribution in [0, 0.1) is 5.92 Å². The van der Waals surface area contributed by atoms with Gasteiger partial charge in [0.15, 0.2) is 9.84 Å². The highest BCUT2D eigenvalue weighted by Gasteiger charge is 2.27. The molecule has 2 aliphatic rings. The minimum Gasteiger partial charge on any atom is -0.325 e. The SMILES string of the molecule is O=C(CNCC1CC1)Nc1cccc(CS(=O)(=O)C2CCCCC2)c1. The molecule has 138 valence electrons. The Hall–Kier alpha value is -1.40. The molecule has 6 heteroatoms. The van der Waals surface area contributed by atoms with E-state index in [1.54, 1.807) is 18.2 Å². The van der Waals surface area contributed by atoms with Crippen LogP contribution in [-0.2, 0) is 20.4 Å². The summed E-state index contributed by atoms with van der Waals surface area (Å²) in [5.74, 6) is 0.704. The first-order chi connectivity index (χ1) is 12.0. The zero-order valence-electron chi connectivity index (χ0n) is 14.7. The molecule has 1 aromatic carbocycles. The molecule has 0 aromatic heterocycles. The maximum atomic E-state index is 12.6. The van der Waals surface area contributed by atoms with Gasteiger partial charge in [0.05, 0.1) is 17.5 Å². The van der Waals surface area contributed by atoms with E-state index in [0.717, 1.165) is 50.1 Å². The number of hydrogen-bond donors (Lipinski definition) is 2. The monoisotopic (exact) mass is 364 g/mol. The molecule has 5 nitrogen and oxygen atoms in total. The fourth-order valence-corrected chi connectivity index (χ4v) is 5.36. The van der Waals surface area contributed by atoms with E-state index in [2.05, 4.69) is 10.6 Å². The third-order valence-corrected chi connectivity index (χ3v) is 7.28. The summed E-state index contributed by atoms with van der Waals surface area (Å²) in [6, 6.07) is 7.20. The third-order valence-electron chi connectivity index (χ3n) is 5.05. The molecule has 1 aromatic rings. The van der Waals surface area contributed by atoms with Crippen molar-refractivity contribution in [2.24, 2.45) is 5.92 Å². The maximum Gasteiger partial charge on any atom is 0.238 e. The Kier molecular flexibility index (Phi) is 6.12. The van der Waals surface area contributed by atoms with Gasteiger partial charge in [-0.1, -0.05) is 31.4 Å². The molecular formula is C19H28N2O3S. The van der Waals surface area contributed by atoms with Crippen molar-refractivity contribution in [1.29, 1.82) is 0 Å². The Balaban J connectivity index is 1.53. The van der Waals surface area contributed by atoms with Crippen LogP contribution in [0.15, 0.2) is 24.3 Å². The van der Waals surface area contributed by atoms with Crippen molar-refractivity contribution >= 4 is 21.4 Å². The summed E-state index contributed by atoms with van der Waals surface area (Å²) in [6.45, 7) is 1.19. The average Bonchev–Trinajstić information content (AvgIpc) is 3.40. The van der Waals surface area contributed by atoms with E-state index in [0.29, 0.717) is 12.2 Å². The lowest BCUT2D eigenvalue weighted by Crippen LogP contribution is -2.29. The summed E-state index contributed by atoms with van der Waals surface area (Å²) in [4.78, 5) is 12.0. The van der Waals surface area contributed by atoms with Gasteiger partial charge in [0.2, 0.25) is 5.91 Å². The van der Waals surface area contributed by atoms with Gasteiger partial charge in [-0.05, 0) is 55.8 Å². The van der Waals surface area contributed by atoms with Crippen LogP contribution >= 0.6 is 0 Å². The lowest BCUT2D eigenvalue weighted by Gasteiger charge is -2.21. The van der Waals surface area contributed by atoms with Gasteiger partial charge in [-0.3, -0.25) is 4.79 Å². The Morgan fingerprint density at radius 2 is 1.84 bits per heavy atom. The van der Waals surface area contributed by atoms with Crippen molar-refractivity contribution < 1.29 is 13.2 Å². The first-order valence-corrected chi connectivity index (χ1v) is 11.1. The number of amides is 1. The van der Waals surface area contributed by atoms with Crippen LogP contribution in [0.25, 0.3) is 0 Å². The molecule has 25 heavy (non-hydrogen) atoms. The van der Waals surface area contributed by atoms with Crippen LogP contribution in [0.4, 0.5) is 5.69 Å². The highest BCUT2D eigenvalue weighted by Crippen LogP contribution is 2.28. The van der Waals surface area contributed by atoms with Crippen molar-refractivity contribution in [3.8, 4) is 0 Å². The molecule has 2 N–H and O–H groups in total. The zero-order valence-corrected chi connectivity index (χ0v) is 15.5. The number of anilines is 1. The minimum atomic E-state index is -3.12. The first-order valence-electron chi connectivity index (χ1n) is 9.34. The van der Waals surface area contributed by atoms with Crippen molar-refractivity contribution in [2.75, 3.05) is 18.4 Å².